The van der Waals surface area contributed by atoms with Crippen LogP contribution in [0, 0.1) is 10.1 Å². The molecule has 1 aliphatic rings. The molecule has 2 aromatic rings. The minimum Gasteiger partial charge on any atom is -0.378 e. The normalized spacial score (nSPS) is 22.2. The van der Waals surface area contributed by atoms with E-state index >= 15 is 0 Å². The zero-order valence-corrected chi connectivity index (χ0v) is 11.6. The van der Waals surface area contributed by atoms with Crippen LogP contribution < -0.4 is 10.6 Å². The number of aromatic nitrogens is 1. The van der Waals surface area contributed by atoms with Crippen LogP contribution in [0.1, 0.15) is 0 Å². The number of methoxy groups -OCH3 is 1. The highest BCUT2D eigenvalue weighted by atomic mass is 32.1. The van der Waals surface area contributed by atoms with Crippen molar-refractivity contribution in [3.8, 4) is 0 Å². The molecular formula is C12H14N4O3S. The van der Waals surface area contributed by atoms with E-state index in [4.69, 9.17) is 4.74 Å². The summed E-state index contributed by atoms with van der Waals surface area (Å²) in [5, 5.41) is 17.8. The summed E-state index contributed by atoms with van der Waals surface area (Å²) in [6, 6.07) is 3.60. The van der Waals surface area contributed by atoms with Crippen LogP contribution in [-0.2, 0) is 4.74 Å². The van der Waals surface area contributed by atoms with Crippen LogP contribution in [0.5, 0.6) is 0 Å². The summed E-state index contributed by atoms with van der Waals surface area (Å²) in [5.41, 5.74) is 2.58. The first kappa shape index (κ1) is 13.2. The van der Waals surface area contributed by atoms with E-state index in [9.17, 15) is 10.1 Å². The molecule has 0 bridgehead atoms. The lowest BCUT2D eigenvalue weighted by molar-refractivity contribution is -0.382. The predicted molar refractivity (Wildman–Crippen MR) is 77.4 cm³/mol. The standard InChI is InChI=1S/C12H14N4O3S/c1-19-9-5-13-4-8(9)15-7-2-3-10-11(14-6-20-10)12(7)16(17)18/h2-3,6,8-9,13,15H,4-5H2,1H3/t8?,9-/m0/s1. The molecule has 106 valence electrons. The van der Waals surface area contributed by atoms with Gasteiger partial charge >= 0.3 is 5.69 Å². The highest BCUT2D eigenvalue weighted by Gasteiger charge is 2.29. The van der Waals surface area contributed by atoms with E-state index in [1.807, 2.05) is 6.07 Å². The summed E-state index contributed by atoms with van der Waals surface area (Å²) in [6.45, 7) is 1.45. The number of hydrogen-bond donors (Lipinski definition) is 2. The van der Waals surface area contributed by atoms with E-state index in [2.05, 4.69) is 15.6 Å². The van der Waals surface area contributed by atoms with Crippen LogP contribution in [-0.4, -0.2) is 42.3 Å². The van der Waals surface area contributed by atoms with Crippen LogP contribution in [0.3, 0.4) is 0 Å². The van der Waals surface area contributed by atoms with E-state index in [1.165, 1.54) is 11.3 Å². The van der Waals surface area contributed by atoms with Gasteiger partial charge in [0, 0.05) is 20.2 Å². The number of thiazole rings is 1. The third-order valence-corrected chi connectivity index (χ3v) is 4.25. The Morgan fingerprint density at radius 1 is 1.55 bits per heavy atom. The molecule has 7 nitrogen and oxygen atoms in total. The number of anilines is 1. The second kappa shape index (κ2) is 5.31. The van der Waals surface area contributed by atoms with E-state index in [0.29, 0.717) is 17.7 Å². The molecule has 0 amide bonds. The molecule has 1 aliphatic heterocycles. The highest BCUT2D eigenvalue weighted by Crippen LogP contribution is 2.35. The van der Waals surface area contributed by atoms with Gasteiger partial charge in [0.25, 0.3) is 0 Å². The molecule has 8 heteroatoms. The Kier molecular flexibility index (Phi) is 3.51. The number of nitrogens with one attached hydrogen (secondary N) is 2. The van der Waals surface area contributed by atoms with Gasteiger partial charge in [0.15, 0.2) is 5.52 Å². The van der Waals surface area contributed by atoms with E-state index in [-0.39, 0.29) is 22.8 Å². The number of benzene rings is 1. The van der Waals surface area contributed by atoms with Crippen molar-refractivity contribution in [3.05, 3.63) is 27.8 Å². The topological polar surface area (TPSA) is 89.3 Å². The Morgan fingerprint density at radius 3 is 3.15 bits per heavy atom. The average Bonchev–Trinajstić information content (AvgIpc) is 3.06. The molecule has 2 N–H and O–H groups in total. The van der Waals surface area contributed by atoms with Crippen LogP contribution in [0.2, 0.25) is 0 Å². The number of hydrogen-bond acceptors (Lipinski definition) is 7. The molecule has 0 aliphatic carbocycles. The smallest absolute Gasteiger partial charge is 0.319 e. The van der Waals surface area contributed by atoms with Gasteiger partial charge in [-0.2, -0.15) is 0 Å². The summed E-state index contributed by atoms with van der Waals surface area (Å²) < 4.78 is 6.18. The lowest BCUT2D eigenvalue weighted by atomic mass is 10.1. The zero-order chi connectivity index (χ0) is 14.1. The first-order valence-electron chi connectivity index (χ1n) is 6.21. The number of nitro benzene ring substituents is 1. The Balaban J connectivity index is 1.98. The Bertz CT molecular complexity index is 645. The molecule has 3 rings (SSSR count). The first-order valence-corrected chi connectivity index (χ1v) is 7.09. The number of ether oxygens (including phenoxy) is 1. The minimum atomic E-state index is -0.380. The van der Waals surface area contributed by atoms with Gasteiger partial charge in [-0.1, -0.05) is 0 Å². The molecule has 2 atom stereocenters. The van der Waals surface area contributed by atoms with Gasteiger partial charge in [0.1, 0.15) is 5.69 Å². The first-order chi connectivity index (χ1) is 9.70. The molecule has 1 aromatic heterocycles. The molecule has 1 saturated heterocycles. The number of nitrogens with zero attached hydrogens (tertiary/aromatic N) is 2. The molecule has 0 spiro atoms. The molecule has 0 radical (unpaired) electrons. The van der Waals surface area contributed by atoms with Gasteiger partial charge in [0.2, 0.25) is 0 Å². The van der Waals surface area contributed by atoms with Gasteiger partial charge in [0.05, 0.1) is 27.3 Å². The third-order valence-electron chi connectivity index (χ3n) is 3.46. The van der Waals surface area contributed by atoms with Gasteiger partial charge in [-0.25, -0.2) is 4.98 Å². The fourth-order valence-electron chi connectivity index (χ4n) is 2.46. The summed E-state index contributed by atoms with van der Waals surface area (Å²) >= 11 is 1.40. The SMILES string of the molecule is CO[C@H]1CNCC1Nc1ccc2scnc2c1[N+](=O)[O-]. The summed E-state index contributed by atoms with van der Waals surface area (Å²) in [6.07, 6.45) is 0.000681. The van der Waals surface area contributed by atoms with Crippen LogP contribution in [0.25, 0.3) is 10.2 Å². The quantitative estimate of drug-likeness (QED) is 0.657. The second-order valence-electron chi connectivity index (χ2n) is 4.60. The summed E-state index contributed by atoms with van der Waals surface area (Å²) in [7, 11) is 1.64. The monoisotopic (exact) mass is 294 g/mol. The Morgan fingerprint density at radius 2 is 2.40 bits per heavy atom. The van der Waals surface area contributed by atoms with E-state index < -0.39 is 0 Å². The molecule has 20 heavy (non-hydrogen) atoms. The van der Waals surface area contributed by atoms with Crippen molar-refractivity contribution in [1.29, 1.82) is 0 Å². The molecule has 1 fully saturated rings. The zero-order valence-electron chi connectivity index (χ0n) is 10.8. The fraction of sp³-hybridized carbons (Fsp3) is 0.417. The maximum Gasteiger partial charge on any atom is 0.319 e. The number of nitro groups is 1. The van der Waals surface area contributed by atoms with Gasteiger partial charge in [-0.15, -0.1) is 11.3 Å². The largest absolute Gasteiger partial charge is 0.378 e. The molecule has 2 heterocycles. The Hall–Kier alpha value is -1.77. The molecule has 1 unspecified atom stereocenters. The van der Waals surface area contributed by atoms with E-state index in [0.717, 1.165) is 11.2 Å². The predicted octanol–water partition coefficient (Wildman–Crippen LogP) is 1.60. The fourth-order valence-corrected chi connectivity index (χ4v) is 3.14. The molecular weight excluding hydrogens is 280 g/mol. The van der Waals surface area contributed by atoms with Crippen LogP contribution >= 0.6 is 11.3 Å². The minimum absolute atomic E-state index is 0.000681. The maximum absolute atomic E-state index is 11.3. The summed E-state index contributed by atoms with van der Waals surface area (Å²) in [5.74, 6) is 0. The third kappa shape index (κ3) is 2.21. The van der Waals surface area contributed by atoms with Crippen molar-refractivity contribution in [2.45, 2.75) is 12.1 Å². The van der Waals surface area contributed by atoms with Crippen molar-refractivity contribution in [2.24, 2.45) is 0 Å². The lowest BCUT2D eigenvalue weighted by Crippen LogP contribution is -2.33. The maximum atomic E-state index is 11.3. The van der Waals surface area contributed by atoms with Gasteiger partial charge in [-0.3, -0.25) is 10.1 Å². The highest BCUT2D eigenvalue weighted by molar-refractivity contribution is 7.16. The van der Waals surface area contributed by atoms with Crippen molar-refractivity contribution in [2.75, 3.05) is 25.5 Å². The number of rotatable bonds is 4. The number of fused-ring (bicyclic) bond motifs is 1. The van der Waals surface area contributed by atoms with Crippen molar-refractivity contribution in [3.63, 3.8) is 0 Å². The summed E-state index contributed by atoms with van der Waals surface area (Å²) in [4.78, 5) is 15.1. The second-order valence-corrected chi connectivity index (χ2v) is 5.49. The van der Waals surface area contributed by atoms with Gasteiger partial charge in [-0.05, 0) is 12.1 Å². The average molecular weight is 294 g/mol. The van der Waals surface area contributed by atoms with Crippen LogP contribution in [0.4, 0.5) is 11.4 Å². The lowest BCUT2D eigenvalue weighted by Gasteiger charge is -2.19. The van der Waals surface area contributed by atoms with Crippen molar-refractivity contribution >= 4 is 32.9 Å². The van der Waals surface area contributed by atoms with E-state index in [1.54, 1.807) is 18.7 Å². The van der Waals surface area contributed by atoms with Crippen LogP contribution in [0.15, 0.2) is 17.6 Å². The molecule has 0 saturated carbocycles. The van der Waals surface area contributed by atoms with Crippen molar-refractivity contribution in [1.82, 2.24) is 10.3 Å². The molecule has 1 aromatic carbocycles. The Labute approximate surface area is 119 Å². The van der Waals surface area contributed by atoms with Crippen molar-refractivity contribution < 1.29 is 9.66 Å². The van der Waals surface area contributed by atoms with Gasteiger partial charge < -0.3 is 15.4 Å².